The minimum absolute atomic E-state index is 0.814. The summed E-state index contributed by atoms with van der Waals surface area (Å²) < 4.78 is 7.59. The molecular formula is C20H23N5O. The number of anilines is 1. The minimum atomic E-state index is 0.814. The van der Waals surface area contributed by atoms with Crippen molar-refractivity contribution in [3.05, 3.63) is 59.8 Å². The molecule has 6 heteroatoms. The number of nitrogens with zero attached hydrogens (tertiary/aromatic N) is 5. The van der Waals surface area contributed by atoms with Crippen molar-refractivity contribution >= 4 is 11.3 Å². The Hall–Kier alpha value is -2.44. The van der Waals surface area contributed by atoms with Crippen LogP contribution in [0.2, 0.25) is 0 Å². The van der Waals surface area contributed by atoms with E-state index >= 15 is 0 Å². The number of pyridine rings is 2. The van der Waals surface area contributed by atoms with E-state index in [9.17, 15) is 0 Å². The molecule has 3 aromatic heterocycles. The second kappa shape index (κ2) is 6.70. The third-order valence-electron chi connectivity index (χ3n) is 5.33. The monoisotopic (exact) mass is 349 g/mol. The average Bonchev–Trinajstić information content (AvgIpc) is 3.30. The van der Waals surface area contributed by atoms with E-state index in [0.29, 0.717) is 0 Å². The van der Waals surface area contributed by atoms with E-state index in [0.717, 1.165) is 63.7 Å². The summed E-state index contributed by atoms with van der Waals surface area (Å²) in [5.74, 6) is 0. The van der Waals surface area contributed by atoms with Gasteiger partial charge in [-0.2, -0.15) is 0 Å². The number of hydrogen-bond donors (Lipinski definition) is 0. The van der Waals surface area contributed by atoms with Gasteiger partial charge in [-0.3, -0.25) is 9.88 Å². The first kappa shape index (κ1) is 15.8. The number of imidazole rings is 1. The van der Waals surface area contributed by atoms with E-state index in [-0.39, 0.29) is 0 Å². The molecule has 3 aromatic rings. The van der Waals surface area contributed by atoms with Gasteiger partial charge in [0.2, 0.25) is 0 Å². The number of hydrogen-bond acceptors (Lipinski definition) is 5. The summed E-state index contributed by atoms with van der Waals surface area (Å²) in [7, 11) is 0. The topological polar surface area (TPSA) is 45.9 Å². The molecule has 0 atom stereocenters. The second-order valence-electron chi connectivity index (χ2n) is 7.01. The van der Waals surface area contributed by atoms with Crippen molar-refractivity contribution in [2.75, 3.05) is 37.7 Å². The molecule has 0 spiro atoms. The summed E-state index contributed by atoms with van der Waals surface area (Å²) in [4.78, 5) is 14.3. The largest absolute Gasteiger partial charge is 0.378 e. The van der Waals surface area contributed by atoms with Crippen molar-refractivity contribution < 1.29 is 4.74 Å². The summed E-state index contributed by atoms with van der Waals surface area (Å²) in [6.45, 7) is 6.48. The molecule has 0 saturated carbocycles. The number of fused-ring (bicyclic) bond motifs is 2. The van der Waals surface area contributed by atoms with Crippen molar-refractivity contribution in [2.45, 2.75) is 19.5 Å². The summed E-state index contributed by atoms with van der Waals surface area (Å²) in [6, 6.07) is 8.28. The van der Waals surface area contributed by atoms with E-state index in [1.807, 2.05) is 24.4 Å². The highest BCUT2D eigenvalue weighted by molar-refractivity contribution is 5.56. The van der Waals surface area contributed by atoms with Gasteiger partial charge in [0.15, 0.2) is 0 Å². The van der Waals surface area contributed by atoms with Gasteiger partial charge < -0.3 is 14.0 Å². The molecule has 2 aliphatic rings. The predicted octanol–water partition coefficient (Wildman–Crippen LogP) is 2.12. The highest BCUT2D eigenvalue weighted by atomic mass is 16.5. The first-order chi connectivity index (χ1) is 12.9. The number of aromatic nitrogens is 3. The molecule has 5 rings (SSSR count). The van der Waals surface area contributed by atoms with Gasteiger partial charge in [-0.15, -0.1) is 0 Å². The zero-order valence-corrected chi connectivity index (χ0v) is 14.8. The first-order valence-corrected chi connectivity index (χ1v) is 9.31. The molecule has 5 heterocycles. The molecule has 0 N–H and O–H groups in total. The standard InChI is InChI=1S/C20H23N5O/c1-2-7-25-13-16(22-20(25)3-1)5-8-23-14-17-18(15-23)21-6-4-19(17)24-9-11-26-12-10-24/h1-4,6-7,13H,5,8-12,14-15H2. The maximum atomic E-state index is 5.50. The highest BCUT2D eigenvalue weighted by Gasteiger charge is 2.25. The third-order valence-corrected chi connectivity index (χ3v) is 5.33. The quantitative estimate of drug-likeness (QED) is 0.722. The number of ether oxygens (including phenoxy) is 1. The molecular weight excluding hydrogens is 326 g/mol. The van der Waals surface area contributed by atoms with Crippen LogP contribution < -0.4 is 4.90 Å². The Morgan fingerprint density at radius 1 is 1.08 bits per heavy atom. The van der Waals surface area contributed by atoms with Crippen LogP contribution in [0.1, 0.15) is 17.0 Å². The van der Waals surface area contributed by atoms with Gasteiger partial charge in [-0.05, 0) is 18.2 Å². The molecule has 1 fully saturated rings. The second-order valence-corrected chi connectivity index (χ2v) is 7.01. The van der Waals surface area contributed by atoms with Gasteiger partial charge >= 0.3 is 0 Å². The molecule has 0 unspecified atom stereocenters. The van der Waals surface area contributed by atoms with Crippen molar-refractivity contribution in [1.29, 1.82) is 0 Å². The smallest absolute Gasteiger partial charge is 0.136 e. The van der Waals surface area contributed by atoms with Crippen LogP contribution in [-0.4, -0.2) is 52.1 Å². The van der Waals surface area contributed by atoms with E-state index in [1.165, 1.54) is 16.9 Å². The first-order valence-electron chi connectivity index (χ1n) is 9.31. The number of rotatable bonds is 4. The van der Waals surface area contributed by atoms with Crippen molar-refractivity contribution in [3.8, 4) is 0 Å². The highest BCUT2D eigenvalue weighted by Crippen LogP contribution is 2.30. The van der Waals surface area contributed by atoms with Crippen LogP contribution in [0.5, 0.6) is 0 Å². The van der Waals surface area contributed by atoms with Gasteiger partial charge in [0.25, 0.3) is 0 Å². The van der Waals surface area contributed by atoms with Crippen LogP contribution in [0.3, 0.4) is 0 Å². The number of morpholine rings is 1. The van der Waals surface area contributed by atoms with Gasteiger partial charge in [0.1, 0.15) is 5.65 Å². The molecule has 2 aliphatic heterocycles. The summed E-state index contributed by atoms with van der Waals surface area (Å²) in [6.07, 6.45) is 7.10. The lowest BCUT2D eigenvalue weighted by molar-refractivity contribution is 0.122. The Morgan fingerprint density at radius 3 is 2.88 bits per heavy atom. The molecule has 1 saturated heterocycles. The average molecular weight is 349 g/mol. The Morgan fingerprint density at radius 2 is 2.00 bits per heavy atom. The normalized spacial score (nSPS) is 17.8. The fraction of sp³-hybridized carbons (Fsp3) is 0.400. The van der Waals surface area contributed by atoms with E-state index in [1.54, 1.807) is 0 Å². The van der Waals surface area contributed by atoms with Crippen LogP contribution in [0.15, 0.2) is 42.9 Å². The molecule has 6 nitrogen and oxygen atoms in total. The third kappa shape index (κ3) is 2.95. The molecule has 0 bridgehead atoms. The van der Waals surface area contributed by atoms with Gasteiger partial charge in [-0.1, -0.05) is 6.07 Å². The zero-order valence-electron chi connectivity index (χ0n) is 14.8. The van der Waals surface area contributed by atoms with Crippen LogP contribution >= 0.6 is 0 Å². The molecule has 0 aliphatic carbocycles. The Bertz CT molecular complexity index is 882. The van der Waals surface area contributed by atoms with Crippen LogP contribution in [0, 0.1) is 0 Å². The summed E-state index contributed by atoms with van der Waals surface area (Å²) >= 11 is 0. The lowest BCUT2D eigenvalue weighted by atomic mass is 10.1. The predicted molar refractivity (Wildman–Crippen MR) is 100 cm³/mol. The fourth-order valence-electron chi connectivity index (χ4n) is 3.96. The van der Waals surface area contributed by atoms with E-state index in [4.69, 9.17) is 9.72 Å². The maximum Gasteiger partial charge on any atom is 0.136 e. The molecule has 0 amide bonds. The minimum Gasteiger partial charge on any atom is -0.378 e. The Kier molecular flexibility index (Phi) is 4.07. The lowest BCUT2D eigenvalue weighted by Gasteiger charge is -2.30. The van der Waals surface area contributed by atoms with Crippen LogP contribution in [-0.2, 0) is 24.2 Å². The van der Waals surface area contributed by atoms with Gasteiger partial charge in [-0.25, -0.2) is 4.98 Å². The van der Waals surface area contributed by atoms with Crippen molar-refractivity contribution in [2.24, 2.45) is 0 Å². The molecule has 0 aromatic carbocycles. The summed E-state index contributed by atoms with van der Waals surface area (Å²) in [5, 5.41) is 0. The van der Waals surface area contributed by atoms with E-state index in [2.05, 4.69) is 37.6 Å². The van der Waals surface area contributed by atoms with Gasteiger partial charge in [0, 0.05) is 69.0 Å². The van der Waals surface area contributed by atoms with Crippen molar-refractivity contribution in [1.82, 2.24) is 19.3 Å². The fourth-order valence-corrected chi connectivity index (χ4v) is 3.96. The zero-order chi connectivity index (χ0) is 17.3. The molecule has 26 heavy (non-hydrogen) atoms. The van der Waals surface area contributed by atoms with Crippen molar-refractivity contribution in [3.63, 3.8) is 0 Å². The Balaban J connectivity index is 1.28. The maximum absolute atomic E-state index is 5.50. The molecule has 0 radical (unpaired) electrons. The van der Waals surface area contributed by atoms with Crippen LogP contribution in [0.25, 0.3) is 5.65 Å². The van der Waals surface area contributed by atoms with Crippen LogP contribution in [0.4, 0.5) is 5.69 Å². The Labute approximate surface area is 153 Å². The SMILES string of the molecule is c1ccn2cc(CCN3Cc4nccc(N5CCOCC5)c4C3)nc2c1. The molecule has 134 valence electrons. The lowest BCUT2D eigenvalue weighted by Crippen LogP contribution is -2.36. The van der Waals surface area contributed by atoms with Gasteiger partial charge in [0.05, 0.1) is 24.6 Å². The van der Waals surface area contributed by atoms with E-state index < -0.39 is 0 Å². The summed E-state index contributed by atoms with van der Waals surface area (Å²) in [5.41, 5.74) is 6.12.